The summed E-state index contributed by atoms with van der Waals surface area (Å²) in [6.45, 7) is 0.792. The standard InChI is InChI=1S/C17H14Cl2N2O6/c1-10(27-15-7-6-11(18)8-12(15)19)17(23)26-9-16(22)20-13-4-2-3-5-14(13)21(24)25/h2-8,10H,9H2,1H3,(H,20,22)/t10-/m0/s1. The third kappa shape index (κ3) is 5.83. The van der Waals surface area contributed by atoms with Crippen LogP contribution in [0.25, 0.3) is 0 Å². The van der Waals surface area contributed by atoms with E-state index >= 15 is 0 Å². The maximum atomic E-state index is 12.0. The highest BCUT2D eigenvalue weighted by atomic mass is 35.5. The Kier molecular flexibility index (Phi) is 6.98. The summed E-state index contributed by atoms with van der Waals surface area (Å²) in [6, 6.07) is 10.1. The Balaban J connectivity index is 1.89. The van der Waals surface area contributed by atoms with Crippen LogP contribution in [0.3, 0.4) is 0 Å². The average molecular weight is 413 g/mol. The van der Waals surface area contributed by atoms with Gasteiger partial charge in [0.15, 0.2) is 12.7 Å². The first-order chi connectivity index (χ1) is 12.8. The van der Waals surface area contributed by atoms with Crippen molar-refractivity contribution in [1.29, 1.82) is 0 Å². The minimum absolute atomic E-state index is 0.000735. The Bertz CT molecular complexity index is 874. The van der Waals surface area contributed by atoms with Crippen LogP contribution in [-0.4, -0.2) is 29.5 Å². The van der Waals surface area contributed by atoms with Gasteiger partial charge in [0.25, 0.3) is 11.6 Å². The number of esters is 1. The minimum Gasteiger partial charge on any atom is -0.477 e. The van der Waals surface area contributed by atoms with Crippen molar-refractivity contribution in [2.24, 2.45) is 0 Å². The van der Waals surface area contributed by atoms with E-state index in [2.05, 4.69) is 5.32 Å². The fraction of sp³-hybridized carbons (Fsp3) is 0.176. The van der Waals surface area contributed by atoms with E-state index in [1.54, 1.807) is 6.07 Å². The second kappa shape index (κ2) is 9.20. The van der Waals surface area contributed by atoms with Crippen LogP contribution < -0.4 is 10.1 Å². The van der Waals surface area contributed by atoms with E-state index in [9.17, 15) is 19.7 Å². The van der Waals surface area contributed by atoms with E-state index in [1.807, 2.05) is 0 Å². The van der Waals surface area contributed by atoms with Gasteiger partial charge in [-0.15, -0.1) is 0 Å². The number of nitro groups is 1. The molecule has 0 unspecified atom stereocenters. The summed E-state index contributed by atoms with van der Waals surface area (Å²) >= 11 is 11.7. The van der Waals surface area contributed by atoms with Crippen LogP contribution in [0.2, 0.25) is 10.0 Å². The third-order valence-corrected chi connectivity index (χ3v) is 3.78. The highest BCUT2D eigenvalue weighted by Gasteiger charge is 2.20. The fourth-order valence-electron chi connectivity index (χ4n) is 1.99. The molecule has 0 radical (unpaired) electrons. The minimum atomic E-state index is -1.04. The number of ether oxygens (including phenoxy) is 2. The zero-order valence-electron chi connectivity index (χ0n) is 14.0. The number of nitrogens with zero attached hydrogens (tertiary/aromatic N) is 1. The number of para-hydroxylation sites is 2. The molecule has 0 bridgehead atoms. The zero-order chi connectivity index (χ0) is 20.0. The molecule has 2 aromatic carbocycles. The molecule has 0 saturated carbocycles. The van der Waals surface area contributed by atoms with Crippen LogP contribution in [0.15, 0.2) is 42.5 Å². The van der Waals surface area contributed by atoms with Crippen molar-refractivity contribution in [1.82, 2.24) is 0 Å². The molecule has 8 nitrogen and oxygen atoms in total. The van der Waals surface area contributed by atoms with E-state index < -0.39 is 29.5 Å². The van der Waals surface area contributed by atoms with Gasteiger partial charge in [0.1, 0.15) is 11.4 Å². The van der Waals surface area contributed by atoms with E-state index in [4.69, 9.17) is 32.7 Å². The molecule has 1 atom stereocenters. The maximum Gasteiger partial charge on any atom is 0.347 e. The number of carbonyl (C=O) groups is 2. The molecular weight excluding hydrogens is 399 g/mol. The first-order valence-corrected chi connectivity index (χ1v) is 8.35. The molecule has 1 N–H and O–H groups in total. The van der Waals surface area contributed by atoms with Crippen molar-refractivity contribution < 1.29 is 24.0 Å². The van der Waals surface area contributed by atoms with Crippen molar-refractivity contribution in [3.8, 4) is 5.75 Å². The van der Waals surface area contributed by atoms with Gasteiger partial charge in [0.2, 0.25) is 0 Å². The summed E-state index contributed by atoms with van der Waals surface area (Å²) in [6.07, 6.45) is -1.04. The largest absolute Gasteiger partial charge is 0.477 e. The van der Waals surface area contributed by atoms with E-state index in [1.165, 1.54) is 43.3 Å². The van der Waals surface area contributed by atoms with Crippen LogP contribution in [0.4, 0.5) is 11.4 Å². The maximum absolute atomic E-state index is 12.0. The van der Waals surface area contributed by atoms with Crippen molar-refractivity contribution in [2.45, 2.75) is 13.0 Å². The van der Waals surface area contributed by atoms with Gasteiger partial charge in [0.05, 0.1) is 9.95 Å². The molecule has 0 fully saturated rings. The van der Waals surface area contributed by atoms with Gasteiger partial charge in [-0.05, 0) is 31.2 Å². The summed E-state index contributed by atoms with van der Waals surface area (Å²) in [5, 5.41) is 13.9. The third-order valence-electron chi connectivity index (χ3n) is 3.25. The monoisotopic (exact) mass is 412 g/mol. The van der Waals surface area contributed by atoms with Crippen molar-refractivity contribution in [3.63, 3.8) is 0 Å². The summed E-state index contributed by atoms with van der Waals surface area (Å²) < 4.78 is 10.2. The normalized spacial score (nSPS) is 11.4. The molecule has 0 spiro atoms. The fourth-order valence-corrected chi connectivity index (χ4v) is 2.44. The topological polar surface area (TPSA) is 108 Å². The lowest BCUT2D eigenvalue weighted by Gasteiger charge is -2.15. The molecule has 0 aliphatic carbocycles. The van der Waals surface area contributed by atoms with Crippen molar-refractivity contribution >= 4 is 46.5 Å². The quantitative estimate of drug-likeness (QED) is 0.420. The molecule has 0 aliphatic rings. The number of nitro benzene ring substituents is 1. The number of hydrogen-bond donors (Lipinski definition) is 1. The number of nitrogens with one attached hydrogen (secondary N) is 1. The second-order valence-electron chi connectivity index (χ2n) is 5.26. The summed E-state index contributed by atoms with van der Waals surface area (Å²) in [4.78, 5) is 34.1. The molecular formula is C17H14Cl2N2O6. The number of benzene rings is 2. The smallest absolute Gasteiger partial charge is 0.347 e. The Morgan fingerprint density at radius 1 is 1.22 bits per heavy atom. The van der Waals surface area contributed by atoms with Gasteiger partial charge in [-0.25, -0.2) is 4.79 Å². The lowest BCUT2D eigenvalue weighted by Crippen LogP contribution is -2.30. The van der Waals surface area contributed by atoms with Crippen molar-refractivity contribution in [2.75, 3.05) is 11.9 Å². The number of hydrogen-bond acceptors (Lipinski definition) is 6. The average Bonchev–Trinajstić information content (AvgIpc) is 2.62. The predicted molar refractivity (Wildman–Crippen MR) is 99.2 cm³/mol. The number of halogens is 2. The Labute approximate surface area is 164 Å². The Hall–Kier alpha value is -2.84. The predicted octanol–water partition coefficient (Wildman–Crippen LogP) is 3.85. The van der Waals surface area contributed by atoms with Gasteiger partial charge < -0.3 is 14.8 Å². The lowest BCUT2D eigenvalue weighted by molar-refractivity contribution is -0.383. The molecule has 0 saturated heterocycles. The van der Waals surface area contributed by atoms with Gasteiger partial charge in [-0.2, -0.15) is 0 Å². The highest BCUT2D eigenvalue weighted by Crippen LogP contribution is 2.28. The van der Waals surface area contributed by atoms with E-state index in [0.29, 0.717) is 5.02 Å². The van der Waals surface area contributed by atoms with Gasteiger partial charge in [-0.1, -0.05) is 35.3 Å². The molecule has 0 aromatic heterocycles. The van der Waals surface area contributed by atoms with Crippen LogP contribution in [0, 0.1) is 10.1 Å². The number of amides is 1. The summed E-state index contributed by atoms with van der Waals surface area (Å²) in [5.74, 6) is -1.30. The number of carbonyl (C=O) groups excluding carboxylic acids is 2. The molecule has 1 amide bonds. The summed E-state index contributed by atoms with van der Waals surface area (Å²) in [7, 11) is 0. The Morgan fingerprint density at radius 3 is 2.59 bits per heavy atom. The zero-order valence-corrected chi connectivity index (χ0v) is 15.5. The molecule has 0 heterocycles. The lowest BCUT2D eigenvalue weighted by atomic mass is 10.2. The Morgan fingerprint density at radius 2 is 1.93 bits per heavy atom. The highest BCUT2D eigenvalue weighted by molar-refractivity contribution is 6.35. The number of anilines is 1. The SMILES string of the molecule is C[C@H](Oc1ccc(Cl)cc1Cl)C(=O)OCC(=O)Nc1ccccc1[N+](=O)[O-]. The molecule has 27 heavy (non-hydrogen) atoms. The van der Waals surface area contributed by atoms with Gasteiger partial charge >= 0.3 is 5.97 Å². The molecule has 142 valence electrons. The molecule has 0 aliphatic heterocycles. The van der Waals surface area contributed by atoms with Crippen LogP contribution in [0.1, 0.15) is 6.92 Å². The molecule has 10 heteroatoms. The van der Waals surface area contributed by atoms with E-state index in [0.717, 1.165) is 0 Å². The molecule has 2 rings (SSSR count). The van der Waals surface area contributed by atoms with Crippen LogP contribution >= 0.6 is 23.2 Å². The first kappa shape index (κ1) is 20.5. The van der Waals surface area contributed by atoms with Gasteiger partial charge in [-0.3, -0.25) is 14.9 Å². The first-order valence-electron chi connectivity index (χ1n) is 7.59. The van der Waals surface area contributed by atoms with Crippen molar-refractivity contribution in [3.05, 3.63) is 62.6 Å². The van der Waals surface area contributed by atoms with Crippen LogP contribution in [0.5, 0.6) is 5.75 Å². The van der Waals surface area contributed by atoms with Crippen LogP contribution in [-0.2, 0) is 14.3 Å². The van der Waals surface area contributed by atoms with E-state index in [-0.39, 0.29) is 22.1 Å². The second-order valence-corrected chi connectivity index (χ2v) is 6.11. The number of rotatable bonds is 7. The molecule has 2 aromatic rings. The van der Waals surface area contributed by atoms with Gasteiger partial charge in [0, 0.05) is 11.1 Å². The summed E-state index contributed by atoms with van der Waals surface area (Å²) in [5.41, 5.74) is -0.271.